The summed E-state index contributed by atoms with van der Waals surface area (Å²) in [6.07, 6.45) is 5.25. The van der Waals surface area contributed by atoms with E-state index in [4.69, 9.17) is 16.6 Å². The second-order valence-corrected chi connectivity index (χ2v) is 6.30. The summed E-state index contributed by atoms with van der Waals surface area (Å²) in [7, 11) is 0. The van der Waals surface area contributed by atoms with E-state index in [0.29, 0.717) is 5.56 Å². The van der Waals surface area contributed by atoms with Gasteiger partial charge in [0.2, 0.25) is 0 Å². The van der Waals surface area contributed by atoms with E-state index in [1.807, 2.05) is 0 Å². The van der Waals surface area contributed by atoms with Gasteiger partial charge in [-0.2, -0.15) is 0 Å². The Kier molecular flexibility index (Phi) is 6.12. The topological polar surface area (TPSA) is 118 Å². The second-order valence-electron chi connectivity index (χ2n) is 6.30. The largest absolute Gasteiger partial charge is 0.480 e. The molecule has 23 heavy (non-hydrogen) atoms. The molecule has 1 aromatic carbocycles. The molecule has 0 radical (unpaired) electrons. The van der Waals surface area contributed by atoms with E-state index in [2.05, 4.69) is 5.32 Å². The molecule has 0 spiro atoms. The lowest BCUT2D eigenvalue weighted by Gasteiger charge is -2.19. The SMILES string of the molecule is NC1CCCCC(NC(=O)c2ccc(C[C@@H](N)C(=O)O)cc2)C1. The Hall–Kier alpha value is -1.92. The Morgan fingerprint density at radius 2 is 1.87 bits per heavy atom. The first-order chi connectivity index (χ1) is 11.0. The maximum Gasteiger partial charge on any atom is 0.320 e. The first-order valence-corrected chi connectivity index (χ1v) is 8.09. The minimum Gasteiger partial charge on any atom is -0.480 e. The quantitative estimate of drug-likeness (QED) is 0.605. The zero-order valence-corrected chi connectivity index (χ0v) is 13.2. The summed E-state index contributed by atoms with van der Waals surface area (Å²) in [4.78, 5) is 23.1. The molecule has 0 bridgehead atoms. The fourth-order valence-electron chi connectivity index (χ4n) is 2.93. The Morgan fingerprint density at radius 3 is 2.52 bits per heavy atom. The molecule has 0 aliphatic heterocycles. The van der Waals surface area contributed by atoms with E-state index < -0.39 is 12.0 Å². The highest BCUT2D eigenvalue weighted by Crippen LogP contribution is 2.17. The Bertz CT molecular complexity index is 545. The van der Waals surface area contributed by atoms with Gasteiger partial charge in [-0.05, 0) is 43.4 Å². The lowest BCUT2D eigenvalue weighted by Crippen LogP contribution is -2.38. The molecule has 0 heterocycles. The summed E-state index contributed by atoms with van der Waals surface area (Å²) in [5.41, 5.74) is 12.9. The summed E-state index contributed by atoms with van der Waals surface area (Å²) in [6.45, 7) is 0. The molecule has 6 nitrogen and oxygen atoms in total. The number of carboxylic acids is 1. The molecule has 1 aliphatic rings. The highest BCUT2D eigenvalue weighted by molar-refractivity contribution is 5.94. The van der Waals surface area contributed by atoms with E-state index in [1.165, 1.54) is 0 Å². The van der Waals surface area contributed by atoms with E-state index in [9.17, 15) is 9.59 Å². The number of rotatable bonds is 5. The smallest absolute Gasteiger partial charge is 0.320 e. The Morgan fingerprint density at radius 1 is 1.22 bits per heavy atom. The second kappa shape index (κ2) is 8.08. The number of carbonyl (C=O) groups excluding carboxylic acids is 1. The number of amides is 1. The fourth-order valence-corrected chi connectivity index (χ4v) is 2.93. The summed E-state index contributed by atoms with van der Waals surface area (Å²) < 4.78 is 0. The van der Waals surface area contributed by atoms with Gasteiger partial charge in [-0.15, -0.1) is 0 Å². The molecule has 1 aromatic rings. The van der Waals surface area contributed by atoms with Gasteiger partial charge in [0.25, 0.3) is 5.91 Å². The number of carbonyl (C=O) groups is 2. The third kappa shape index (κ3) is 5.33. The van der Waals surface area contributed by atoms with E-state index in [-0.39, 0.29) is 24.4 Å². The number of benzene rings is 1. The van der Waals surface area contributed by atoms with E-state index >= 15 is 0 Å². The molecule has 1 amide bonds. The van der Waals surface area contributed by atoms with Gasteiger partial charge in [0, 0.05) is 17.6 Å². The van der Waals surface area contributed by atoms with Crippen LogP contribution in [0.15, 0.2) is 24.3 Å². The first kappa shape index (κ1) is 17.4. The zero-order valence-electron chi connectivity index (χ0n) is 13.2. The van der Waals surface area contributed by atoms with Gasteiger partial charge in [0.1, 0.15) is 6.04 Å². The van der Waals surface area contributed by atoms with Crippen molar-refractivity contribution in [3.63, 3.8) is 0 Å². The van der Waals surface area contributed by atoms with Crippen molar-refractivity contribution in [2.75, 3.05) is 0 Å². The molecule has 1 aliphatic carbocycles. The van der Waals surface area contributed by atoms with Crippen LogP contribution in [0.1, 0.15) is 48.0 Å². The number of hydrogen-bond acceptors (Lipinski definition) is 4. The first-order valence-electron chi connectivity index (χ1n) is 8.09. The predicted molar refractivity (Wildman–Crippen MR) is 88.1 cm³/mol. The number of nitrogens with two attached hydrogens (primary N) is 2. The van der Waals surface area contributed by atoms with Gasteiger partial charge in [0.05, 0.1) is 0 Å². The van der Waals surface area contributed by atoms with Gasteiger partial charge >= 0.3 is 5.97 Å². The van der Waals surface area contributed by atoms with Crippen LogP contribution < -0.4 is 16.8 Å². The van der Waals surface area contributed by atoms with Gasteiger partial charge in [-0.25, -0.2) is 0 Å². The zero-order chi connectivity index (χ0) is 16.8. The molecular formula is C17H25N3O3. The normalized spacial score (nSPS) is 22.9. The lowest BCUT2D eigenvalue weighted by atomic mass is 10.0. The number of nitrogens with one attached hydrogen (secondary N) is 1. The minimum atomic E-state index is -1.03. The Labute approximate surface area is 136 Å². The minimum absolute atomic E-state index is 0.113. The third-order valence-corrected chi connectivity index (χ3v) is 4.29. The van der Waals surface area contributed by atoms with Crippen molar-refractivity contribution in [1.29, 1.82) is 0 Å². The monoisotopic (exact) mass is 319 g/mol. The average Bonchev–Trinajstić information content (AvgIpc) is 2.71. The molecule has 126 valence electrons. The van der Waals surface area contributed by atoms with Gasteiger partial charge in [-0.1, -0.05) is 25.0 Å². The lowest BCUT2D eigenvalue weighted by molar-refractivity contribution is -0.138. The fraction of sp³-hybridized carbons (Fsp3) is 0.529. The summed E-state index contributed by atoms with van der Waals surface area (Å²) in [5, 5.41) is 11.9. The van der Waals surface area contributed by atoms with Gasteiger partial charge < -0.3 is 21.9 Å². The van der Waals surface area contributed by atoms with E-state index in [0.717, 1.165) is 37.7 Å². The molecule has 2 rings (SSSR count). The number of carboxylic acid groups (broad SMARTS) is 1. The maximum atomic E-state index is 12.3. The van der Waals surface area contributed by atoms with Crippen molar-refractivity contribution in [2.24, 2.45) is 11.5 Å². The van der Waals surface area contributed by atoms with Crippen LogP contribution in [0.4, 0.5) is 0 Å². The summed E-state index contributed by atoms with van der Waals surface area (Å²) in [5.74, 6) is -1.14. The summed E-state index contributed by atoms with van der Waals surface area (Å²) in [6, 6.07) is 6.25. The van der Waals surface area contributed by atoms with Crippen LogP contribution >= 0.6 is 0 Å². The third-order valence-electron chi connectivity index (χ3n) is 4.29. The van der Waals surface area contributed by atoms with Crippen molar-refractivity contribution in [1.82, 2.24) is 5.32 Å². The molecular weight excluding hydrogens is 294 g/mol. The molecule has 1 fully saturated rings. The van der Waals surface area contributed by atoms with Crippen LogP contribution in [0.3, 0.4) is 0 Å². The summed E-state index contributed by atoms with van der Waals surface area (Å²) >= 11 is 0. The van der Waals surface area contributed by atoms with Gasteiger partial charge in [0.15, 0.2) is 0 Å². The molecule has 6 heteroatoms. The molecule has 1 saturated carbocycles. The molecule has 6 N–H and O–H groups in total. The standard InChI is InChI=1S/C17H25N3O3/c18-13-3-1-2-4-14(10-13)20-16(21)12-7-5-11(6-8-12)9-15(19)17(22)23/h5-8,13-15H,1-4,9-10,18-19H2,(H,20,21)(H,22,23)/t13?,14?,15-/m1/s1. The molecule has 3 atom stereocenters. The molecule has 0 saturated heterocycles. The molecule has 2 unspecified atom stereocenters. The van der Waals surface area contributed by atoms with Crippen LogP contribution in [0, 0.1) is 0 Å². The van der Waals surface area contributed by atoms with Crippen LogP contribution in [0.25, 0.3) is 0 Å². The van der Waals surface area contributed by atoms with E-state index in [1.54, 1.807) is 24.3 Å². The van der Waals surface area contributed by atoms with Crippen molar-refractivity contribution in [2.45, 2.75) is 56.7 Å². The maximum absolute atomic E-state index is 12.3. The predicted octanol–water partition coefficient (Wildman–Crippen LogP) is 1.03. The van der Waals surface area contributed by atoms with Crippen LogP contribution in [0.2, 0.25) is 0 Å². The van der Waals surface area contributed by atoms with Crippen LogP contribution in [0.5, 0.6) is 0 Å². The molecule has 0 aromatic heterocycles. The number of hydrogen-bond donors (Lipinski definition) is 4. The van der Waals surface area contributed by atoms with Crippen molar-refractivity contribution in [3.8, 4) is 0 Å². The average molecular weight is 319 g/mol. The number of aliphatic carboxylic acids is 1. The highest BCUT2D eigenvalue weighted by Gasteiger charge is 2.20. The van der Waals surface area contributed by atoms with Gasteiger partial charge in [-0.3, -0.25) is 9.59 Å². The van der Waals surface area contributed by atoms with Crippen LogP contribution in [-0.2, 0) is 11.2 Å². The van der Waals surface area contributed by atoms with Crippen LogP contribution in [-0.4, -0.2) is 35.1 Å². The van der Waals surface area contributed by atoms with Crippen molar-refractivity contribution in [3.05, 3.63) is 35.4 Å². The highest BCUT2D eigenvalue weighted by atomic mass is 16.4. The van der Waals surface area contributed by atoms with Crippen molar-refractivity contribution >= 4 is 11.9 Å². The van der Waals surface area contributed by atoms with Crippen molar-refractivity contribution < 1.29 is 14.7 Å². The Balaban J connectivity index is 1.93.